The van der Waals surface area contributed by atoms with E-state index in [2.05, 4.69) is 15.3 Å². The minimum absolute atomic E-state index is 0.234. The van der Waals surface area contributed by atoms with E-state index < -0.39 is 11.7 Å². The highest BCUT2D eigenvalue weighted by atomic mass is 35.5. The number of aromatic nitrogens is 2. The largest absolute Gasteiger partial charge is 0.491 e. The molecule has 1 unspecified atom stereocenters. The Morgan fingerprint density at radius 2 is 2.09 bits per heavy atom. The van der Waals surface area contributed by atoms with Crippen molar-refractivity contribution in [3.63, 3.8) is 0 Å². The molecule has 0 bridgehead atoms. The first-order chi connectivity index (χ1) is 15.4. The van der Waals surface area contributed by atoms with Gasteiger partial charge in [0, 0.05) is 21.9 Å². The molecule has 9 nitrogen and oxygen atoms in total. The van der Waals surface area contributed by atoms with E-state index in [-0.39, 0.29) is 17.6 Å². The predicted octanol–water partition coefficient (Wildman–Crippen LogP) is 4.71. The lowest BCUT2D eigenvalue weighted by molar-refractivity contribution is 0.0225. The highest BCUT2D eigenvalue weighted by Gasteiger charge is 2.29. The molecule has 3 rings (SSSR count). The number of hydrogen-bond donors (Lipinski definition) is 3. The second kappa shape index (κ2) is 9.43. The molecule has 1 aliphatic rings. The number of rotatable bonds is 4. The maximum atomic E-state index is 12.7. The van der Waals surface area contributed by atoms with Crippen LogP contribution in [0.2, 0.25) is 5.02 Å². The minimum atomic E-state index is -0.593. The van der Waals surface area contributed by atoms with E-state index in [0.717, 1.165) is 16.7 Å². The number of nitrogens with zero attached hydrogens (tertiary/aromatic N) is 3. The maximum Gasteiger partial charge on any atom is 0.410 e. The van der Waals surface area contributed by atoms with Crippen molar-refractivity contribution in [2.75, 3.05) is 24.2 Å². The summed E-state index contributed by atoms with van der Waals surface area (Å²) in [7, 11) is 0. The zero-order valence-corrected chi connectivity index (χ0v) is 20.6. The van der Waals surface area contributed by atoms with Crippen molar-refractivity contribution in [3.8, 4) is 5.75 Å². The molecule has 1 atom stereocenters. The third-order valence-corrected chi connectivity index (χ3v) is 5.70. The quantitative estimate of drug-likeness (QED) is 0.547. The molecule has 0 saturated heterocycles. The van der Waals surface area contributed by atoms with Gasteiger partial charge in [-0.15, -0.1) is 0 Å². The number of nitrogens with two attached hydrogens (primary N) is 1. The van der Waals surface area contributed by atoms with Gasteiger partial charge < -0.3 is 30.8 Å². The van der Waals surface area contributed by atoms with Gasteiger partial charge in [-0.1, -0.05) is 11.6 Å². The molecule has 0 radical (unpaired) electrons. The number of carbonyl (C=O) groups is 1. The summed E-state index contributed by atoms with van der Waals surface area (Å²) >= 11 is 6.59. The van der Waals surface area contributed by atoms with E-state index in [0.29, 0.717) is 41.8 Å². The van der Waals surface area contributed by atoms with E-state index >= 15 is 0 Å². The van der Waals surface area contributed by atoms with Crippen LogP contribution in [-0.4, -0.2) is 45.4 Å². The number of benzene rings is 1. The predicted molar refractivity (Wildman–Crippen MR) is 129 cm³/mol. The average Bonchev–Trinajstić information content (AvgIpc) is 2.92. The third-order valence-electron chi connectivity index (χ3n) is 5.31. The van der Waals surface area contributed by atoms with Gasteiger partial charge in [0.25, 0.3) is 0 Å². The molecule has 1 aromatic heterocycles. The zero-order chi connectivity index (χ0) is 24.5. The Labute approximate surface area is 199 Å². The summed E-state index contributed by atoms with van der Waals surface area (Å²) in [6.45, 7) is 12.0. The molecule has 1 amide bonds. The Balaban J connectivity index is 1.97. The number of amides is 1. The van der Waals surface area contributed by atoms with Crippen molar-refractivity contribution >= 4 is 35.0 Å². The van der Waals surface area contributed by atoms with Crippen LogP contribution in [0.25, 0.3) is 0 Å². The fourth-order valence-corrected chi connectivity index (χ4v) is 3.88. The summed E-state index contributed by atoms with van der Waals surface area (Å²) in [5.41, 5.74) is 8.58. The first kappa shape index (κ1) is 24.6. The van der Waals surface area contributed by atoms with Gasteiger partial charge in [0.05, 0.1) is 24.7 Å². The Kier molecular flexibility index (Phi) is 7.02. The van der Waals surface area contributed by atoms with Gasteiger partial charge in [0.1, 0.15) is 35.9 Å². The van der Waals surface area contributed by atoms with Crippen LogP contribution in [0.4, 0.5) is 16.4 Å². The Bertz CT molecular complexity index is 1080. The molecule has 2 aromatic rings. The molecule has 1 aliphatic heterocycles. The molecular weight excluding hydrogens is 444 g/mol. The highest BCUT2D eigenvalue weighted by Crippen LogP contribution is 2.39. The molecule has 4 N–H and O–H groups in total. The fourth-order valence-electron chi connectivity index (χ4n) is 3.65. The summed E-state index contributed by atoms with van der Waals surface area (Å²) in [5, 5.41) is 11.9. The number of halogens is 1. The van der Waals surface area contributed by atoms with Gasteiger partial charge >= 0.3 is 6.09 Å². The van der Waals surface area contributed by atoms with Crippen LogP contribution in [0.15, 0.2) is 12.4 Å². The highest BCUT2D eigenvalue weighted by molar-refractivity contribution is 6.31. The summed E-state index contributed by atoms with van der Waals surface area (Å²) in [6, 6.07) is 1.58. The van der Waals surface area contributed by atoms with E-state index in [1.54, 1.807) is 11.8 Å². The summed E-state index contributed by atoms with van der Waals surface area (Å²) in [6.07, 6.45) is 0.961. The van der Waals surface area contributed by atoms with Crippen molar-refractivity contribution in [2.45, 2.75) is 59.7 Å². The normalized spacial score (nSPS) is 14.6. The van der Waals surface area contributed by atoms with Crippen molar-refractivity contribution in [3.05, 3.63) is 39.7 Å². The Morgan fingerprint density at radius 1 is 1.39 bits per heavy atom. The monoisotopic (exact) mass is 474 g/mol. The summed E-state index contributed by atoms with van der Waals surface area (Å²) in [5.74, 6) is 1.37. The number of fused-ring (bicyclic) bond motifs is 1. The first-order valence-corrected chi connectivity index (χ1v) is 11.1. The fraction of sp³-hybridized carbons (Fsp3) is 0.478. The van der Waals surface area contributed by atoms with Crippen LogP contribution in [-0.2, 0) is 11.3 Å². The number of nitrogens with one attached hydrogen (secondary N) is 2. The summed E-state index contributed by atoms with van der Waals surface area (Å²) in [4.78, 5) is 22.6. The summed E-state index contributed by atoms with van der Waals surface area (Å²) < 4.78 is 11.7. The lowest BCUT2D eigenvalue weighted by atomic mass is 9.98. The molecule has 33 heavy (non-hydrogen) atoms. The van der Waals surface area contributed by atoms with Crippen LogP contribution in [0.5, 0.6) is 5.75 Å². The van der Waals surface area contributed by atoms with Gasteiger partial charge in [-0.3, -0.25) is 0 Å². The van der Waals surface area contributed by atoms with Crippen molar-refractivity contribution in [1.29, 1.82) is 5.41 Å². The molecule has 10 heteroatoms. The van der Waals surface area contributed by atoms with Crippen LogP contribution in [0.1, 0.15) is 62.9 Å². The molecule has 0 aliphatic carbocycles. The first-order valence-electron chi connectivity index (χ1n) is 10.7. The van der Waals surface area contributed by atoms with Gasteiger partial charge in [-0.2, -0.15) is 0 Å². The molecular formula is C23H31ClN6O3. The zero-order valence-electron chi connectivity index (χ0n) is 19.9. The Morgan fingerprint density at radius 3 is 2.73 bits per heavy atom. The number of ether oxygens (including phenoxy) is 2. The van der Waals surface area contributed by atoms with Crippen molar-refractivity contribution in [1.82, 2.24) is 14.9 Å². The topological polar surface area (TPSA) is 126 Å². The molecule has 1 aromatic carbocycles. The van der Waals surface area contributed by atoms with E-state index in [1.165, 1.54) is 6.33 Å². The van der Waals surface area contributed by atoms with Gasteiger partial charge in [0.15, 0.2) is 0 Å². The van der Waals surface area contributed by atoms with Crippen LogP contribution in [0.3, 0.4) is 0 Å². The minimum Gasteiger partial charge on any atom is -0.491 e. The average molecular weight is 475 g/mol. The second-order valence-electron chi connectivity index (χ2n) is 9.10. The Hall–Kier alpha value is -3.07. The van der Waals surface area contributed by atoms with Crippen molar-refractivity contribution < 1.29 is 14.3 Å². The molecule has 178 valence electrons. The lowest BCUT2D eigenvalue weighted by Crippen LogP contribution is -2.37. The molecule has 0 fully saturated rings. The van der Waals surface area contributed by atoms with Gasteiger partial charge in [-0.05, 0) is 53.2 Å². The number of nitrogen functional groups attached to an aromatic ring is 1. The standard InChI is InChI=1S/C23H31ClN6O3/c1-12-16-10-30(22(31)33-23(4,5)6)7-8-32-19(16)15(9-17(12)24)14(3)29-21-18(13(2)25)20(26)27-11-28-21/h9,11,14,25H,7-8,10H2,1-6H3,(H3,26,27,28,29). The van der Waals surface area contributed by atoms with E-state index in [4.69, 9.17) is 32.2 Å². The number of carbonyl (C=O) groups excluding carboxylic acids is 1. The third kappa shape index (κ3) is 5.47. The lowest BCUT2D eigenvalue weighted by Gasteiger charge is -2.26. The molecule has 0 spiro atoms. The number of anilines is 2. The second-order valence-corrected chi connectivity index (χ2v) is 9.51. The van der Waals surface area contributed by atoms with Crippen LogP contribution < -0.4 is 15.8 Å². The number of hydrogen-bond acceptors (Lipinski definition) is 8. The molecule has 0 saturated carbocycles. The smallest absolute Gasteiger partial charge is 0.410 e. The SMILES string of the molecule is CC(=N)c1c(N)ncnc1NC(C)c1cc(Cl)c(C)c2c1OCCN(C(=O)OC(C)(C)C)C2. The van der Waals surface area contributed by atoms with Gasteiger partial charge in [0.2, 0.25) is 0 Å². The molecule has 2 heterocycles. The van der Waals surface area contributed by atoms with E-state index in [9.17, 15) is 4.79 Å². The van der Waals surface area contributed by atoms with Crippen LogP contribution in [0, 0.1) is 12.3 Å². The maximum absolute atomic E-state index is 12.7. The van der Waals surface area contributed by atoms with Gasteiger partial charge in [-0.25, -0.2) is 14.8 Å². The van der Waals surface area contributed by atoms with Crippen LogP contribution >= 0.6 is 11.6 Å². The van der Waals surface area contributed by atoms with E-state index in [1.807, 2.05) is 40.7 Å². The van der Waals surface area contributed by atoms with Crippen molar-refractivity contribution in [2.24, 2.45) is 0 Å².